The van der Waals surface area contributed by atoms with Crippen molar-refractivity contribution in [3.8, 4) is 17.0 Å². The van der Waals surface area contributed by atoms with E-state index in [9.17, 15) is 5.11 Å². The molecule has 4 heterocycles. The van der Waals surface area contributed by atoms with E-state index in [1.165, 1.54) is 0 Å². The van der Waals surface area contributed by atoms with Gasteiger partial charge in [-0.1, -0.05) is 19.1 Å². The SMILES string of the molecule is COc1ccc(C(c2nnc3cc(-c4ccnc(Nc5ccnn5C)n4)ccn23)C(C)CO)cc1. The molecule has 0 radical (unpaired) electrons. The van der Waals surface area contributed by atoms with Crippen LogP contribution in [0.2, 0.25) is 0 Å². The van der Waals surface area contributed by atoms with Crippen molar-refractivity contribution in [1.82, 2.24) is 34.3 Å². The smallest absolute Gasteiger partial charge is 0.228 e. The van der Waals surface area contributed by atoms with Crippen LogP contribution >= 0.6 is 0 Å². The molecular weight excluding hydrogens is 444 g/mol. The minimum Gasteiger partial charge on any atom is -0.497 e. The Labute approximate surface area is 202 Å². The van der Waals surface area contributed by atoms with Gasteiger partial charge in [0.15, 0.2) is 5.65 Å². The normalized spacial score (nSPS) is 13.0. The van der Waals surface area contributed by atoms with Gasteiger partial charge in [-0.15, -0.1) is 10.2 Å². The van der Waals surface area contributed by atoms with Gasteiger partial charge in [0, 0.05) is 43.6 Å². The fourth-order valence-electron chi connectivity index (χ4n) is 4.12. The van der Waals surface area contributed by atoms with E-state index >= 15 is 0 Å². The lowest BCUT2D eigenvalue weighted by Crippen LogP contribution is -2.18. The van der Waals surface area contributed by atoms with Gasteiger partial charge in [0.2, 0.25) is 5.95 Å². The summed E-state index contributed by atoms with van der Waals surface area (Å²) in [5.74, 6) is 2.62. The van der Waals surface area contributed by atoms with Crippen LogP contribution in [0.3, 0.4) is 0 Å². The third-order valence-corrected chi connectivity index (χ3v) is 6.06. The van der Waals surface area contributed by atoms with Gasteiger partial charge in [-0.2, -0.15) is 5.10 Å². The first-order valence-electron chi connectivity index (χ1n) is 11.3. The highest BCUT2D eigenvalue weighted by atomic mass is 16.5. The van der Waals surface area contributed by atoms with Gasteiger partial charge in [-0.05, 0) is 41.8 Å². The number of methoxy groups -OCH3 is 1. The molecule has 0 fully saturated rings. The number of nitrogens with zero attached hydrogens (tertiary/aromatic N) is 7. The van der Waals surface area contributed by atoms with Crippen LogP contribution in [0.5, 0.6) is 5.75 Å². The highest BCUT2D eigenvalue weighted by Gasteiger charge is 2.26. The maximum atomic E-state index is 9.96. The summed E-state index contributed by atoms with van der Waals surface area (Å²) in [6, 6.07) is 15.5. The van der Waals surface area contributed by atoms with E-state index in [-0.39, 0.29) is 18.4 Å². The number of aliphatic hydroxyl groups is 1. The third kappa shape index (κ3) is 4.43. The van der Waals surface area contributed by atoms with E-state index < -0.39 is 0 Å². The second kappa shape index (κ2) is 9.51. The van der Waals surface area contributed by atoms with Gasteiger partial charge in [0.1, 0.15) is 17.4 Å². The molecule has 2 unspecified atom stereocenters. The zero-order valence-corrected chi connectivity index (χ0v) is 19.7. The van der Waals surface area contributed by atoms with Gasteiger partial charge < -0.3 is 15.2 Å². The molecule has 2 atom stereocenters. The summed E-state index contributed by atoms with van der Waals surface area (Å²) in [6.07, 6.45) is 5.36. The number of nitrogens with one attached hydrogen (secondary N) is 1. The molecule has 0 aliphatic rings. The number of rotatable bonds is 8. The van der Waals surface area contributed by atoms with Crippen LogP contribution in [0.1, 0.15) is 24.2 Å². The van der Waals surface area contributed by atoms with E-state index in [0.29, 0.717) is 11.6 Å². The van der Waals surface area contributed by atoms with E-state index in [1.807, 2.05) is 73.1 Å². The molecule has 0 saturated heterocycles. The van der Waals surface area contributed by atoms with Gasteiger partial charge >= 0.3 is 0 Å². The Balaban J connectivity index is 1.48. The Bertz CT molecular complexity index is 1440. The highest BCUT2D eigenvalue weighted by Crippen LogP contribution is 2.33. The molecule has 5 aromatic rings. The molecule has 35 heavy (non-hydrogen) atoms. The molecule has 0 saturated carbocycles. The Morgan fingerprint density at radius 1 is 1.06 bits per heavy atom. The summed E-state index contributed by atoms with van der Waals surface area (Å²) < 4.78 is 8.97. The molecule has 0 amide bonds. The predicted octanol–water partition coefficient (Wildman–Crippen LogP) is 3.43. The molecule has 1 aromatic carbocycles. The van der Waals surface area contributed by atoms with Gasteiger partial charge in [0.25, 0.3) is 0 Å². The maximum Gasteiger partial charge on any atom is 0.228 e. The molecule has 178 valence electrons. The van der Waals surface area contributed by atoms with Crippen LogP contribution in [0.4, 0.5) is 11.8 Å². The first kappa shape index (κ1) is 22.5. The van der Waals surface area contributed by atoms with Gasteiger partial charge in [-0.3, -0.25) is 9.08 Å². The van der Waals surface area contributed by atoms with Crippen LogP contribution in [0, 0.1) is 5.92 Å². The molecule has 2 N–H and O–H groups in total. The number of aromatic nitrogens is 7. The van der Waals surface area contributed by atoms with Crippen molar-refractivity contribution in [1.29, 1.82) is 0 Å². The summed E-state index contributed by atoms with van der Waals surface area (Å²) in [5.41, 5.74) is 3.38. The van der Waals surface area contributed by atoms with Crippen molar-refractivity contribution in [3.63, 3.8) is 0 Å². The standard InChI is InChI=1S/C25H26N8O2/c1-16(15-34)23(17-4-6-19(35-3)7-5-17)24-31-30-22-14-18(10-13-33(22)24)20-8-11-26-25(28-20)29-21-9-12-27-32(21)2/h4-14,16,23,34H,15H2,1-3H3,(H,26,28,29). The second-order valence-electron chi connectivity index (χ2n) is 8.34. The molecule has 0 spiro atoms. The van der Waals surface area contributed by atoms with E-state index in [2.05, 4.69) is 30.6 Å². The van der Waals surface area contributed by atoms with Crippen molar-refractivity contribution in [3.05, 3.63) is 78.5 Å². The molecule has 5 rings (SSSR count). The van der Waals surface area contributed by atoms with Crippen molar-refractivity contribution in [2.75, 3.05) is 19.0 Å². The number of ether oxygens (including phenoxy) is 1. The maximum absolute atomic E-state index is 9.96. The van der Waals surface area contributed by atoms with Gasteiger partial charge in [0.05, 0.1) is 19.0 Å². The van der Waals surface area contributed by atoms with Crippen molar-refractivity contribution in [2.45, 2.75) is 12.8 Å². The fraction of sp³-hybridized carbons (Fsp3) is 0.240. The molecule has 10 heteroatoms. The Kier molecular flexibility index (Phi) is 6.11. The largest absolute Gasteiger partial charge is 0.497 e. The van der Waals surface area contributed by atoms with Crippen molar-refractivity contribution >= 4 is 17.4 Å². The number of pyridine rings is 1. The number of aryl methyl sites for hydroxylation is 1. The van der Waals surface area contributed by atoms with Crippen LogP contribution in [0.25, 0.3) is 16.9 Å². The molecule has 10 nitrogen and oxygen atoms in total. The Morgan fingerprint density at radius 2 is 1.89 bits per heavy atom. The zero-order chi connectivity index (χ0) is 24.4. The van der Waals surface area contributed by atoms with E-state index in [4.69, 9.17) is 4.74 Å². The average molecular weight is 471 g/mol. The van der Waals surface area contributed by atoms with Crippen LogP contribution in [-0.4, -0.2) is 53.2 Å². The lowest BCUT2D eigenvalue weighted by Gasteiger charge is -2.21. The van der Waals surface area contributed by atoms with Crippen LogP contribution in [-0.2, 0) is 7.05 Å². The lowest BCUT2D eigenvalue weighted by molar-refractivity contribution is 0.222. The molecule has 0 aliphatic heterocycles. The first-order valence-corrected chi connectivity index (χ1v) is 11.3. The number of hydrogen-bond donors (Lipinski definition) is 2. The van der Waals surface area contributed by atoms with Crippen LogP contribution < -0.4 is 10.1 Å². The lowest BCUT2D eigenvalue weighted by atomic mass is 9.87. The molecule has 0 bridgehead atoms. The quantitative estimate of drug-likeness (QED) is 0.354. The fourth-order valence-corrected chi connectivity index (χ4v) is 4.12. The van der Waals surface area contributed by atoms with Crippen molar-refractivity contribution < 1.29 is 9.84 Å². The summed E-state index contributed by atoms with van der Waals surface area (Å²) in [6.45, 7) is 2.03. The minimum atomic E-state index is -0.138. The Morgan fingerprint density at radius 3 is 2.60 bits per heavy atom. The topological polar surface area (TPSA) is 115 Å². The predicted molar refractivity (Wildman–Crippen MR) is 132 cm³/mol. The van der Waals surface area contributed by atoms with Crippen molar-refractivity contribution in [2.24, 2.45) is 13.0 Å². The average Bonchev–Trinajstić information content (AvgIpc) is 3.50. The molecule has 0 aliphatic carbocycles. The summed E-state index contributed by atoms with van der Waals surface area (Å²) >= 11 is 0. The summed E-state index contributed by atoms with van der Waals surface area (Å²) in [7, 11) is 3.49. The summed E-state index contributed by atoms with van der Waals surface area (Å²) in [5, 5.41) is 26.2. The second-order valence-corrected chi connectivity index (χ2v) is 8.34. The number of benzene rings is 1. The monoisotopic (exact) mass is 470 g/mol. The number of anilines is 2. The number of aliphatic hydroxyl groups excluding tert-OH is 1. The highest BCUT2D eigenvalue weighted by molar-refractivity contribution is 5.65. The number of hydrogen-bond acceptors (Lipinski definition) is 8. The van der Waals surface area contributed by atoms with Gasteiger partial charge in [-0.25, -0.2) is 9.97 Å². The zero-order valence-electron chi connectivity index (χ0n) is 19.7. The third-order valence-electron chi connectivity index (χ3n) is 6.06. The van der Waals surface area contributed by atoms with E-state index in [0.717, 1.165) is 34.2 Å². The first-order chi connectivity index (χ1) is 17.1. The van der Waals surface area contributed by atoms with E-state index in [1.54, 1.807) is 24.2 Å². The summed E-state index contributed by atoms with van der Waals surface area (Å²) in [4.78, 5) is 8.96. The molecular formula is C25H26N8O2. The minimum absolute atomic E-state index is 0.0249. The molecule has 4 aromatic heterocycles. The number of fused-ring (bicyclic) bond motifs is 1. The van der Waals surface area contributed by atoms with Crippen LogP contribution in [0.15, 0.2) is 67.1 Å². The Hall–Kier alpha value is -4.31.